The van der Waals surface area contributed by atoms with Crippen molar-refractivity contribution in [3.8, 4) is 0 Å². The maximum absolute atomic E-state index is 12.1. The molecule has 108 valence electrons. The minimum atomic E-state index is 0. The first-order chi connectivity index (χ1) is 8.59. The van der Waals surface area contributed by atoms with Crippen LogP contribution >= 0.6 is 12.4 Å². The molecule has 0 radical (unpaired) electrons. The zero-order valence-electron chi connectivity index (χ0n) is 11.9. The average Bonchev–Trinajstić information content (AvgIpc) is 2.62. The van der Waals surface area contributed by atoms with Gasteiger partial charge in [0.1, 0.15) is 0 Å². The summed E-state index contributed by atoms with van der Waals surface area (Å²) in [5.41, 5.74) is 3.43. The van der Waals surface area contributed by atoms with Crippen LogP contribution in [0, 0.1) is 13.8 Å². The molecule has 1 aromatic rings. The lowest BCUT2D eigenvalue weighted by atomic mass is 10.1. The summed E-state index contributed by atoms with van der Waals surface area (Å²) >= 11 is 0. The Morgan fingerprint density at radius 3 is 2.47 bits per heavy atom. The fourth-order valence-corrected chi connectivity index (χ4v) is 2.48. The van der Waals surface area contributed by atoms with E-state index in [0.717, 1.165) is 38.3 Å². The summed E-state index contributed by atoms with van der Waals surface area (Å²) in [5.74, 6) is 0.263. The van der Waals surface area contributed by atoms with E-state index in [1.165, 1.54) is 11.3 Å². The third-order valence-corrected chi connectivity index (χ3v) is 3.72. The van der Waals surface area contributed by atoms with Crippen LogP contribution in [0.15, 0.2) is 0 Å². The van der Waals surface area contributed by atoms with Crippen LogP contribution in [0.2, 0.25) is 0 Å². The third-order valence-electron chi connectivity index (χ3n) is 3.72. The van der Waals surface area contributed by atoms with Crippen LogP contribution in [0.1, 0.15) is 23.4 Å². The molecule has 0 unspecified atom stereocenters. The molecule has 1 saturated heterocycles. The van der Waals surface area contributed by atoms with Crippen molar-refractivity contribution in [3.63, 3.8) is 0 Å². The molecule has 0 atom stereocenters. The highest BCUT2D eigenvalue weighted by atomic mass is 35.5. The van der Waals surface area contributed by atoms with Gasteiger partial charge in [0.05, 0.1) is 5.69 Å². The molecule has 0 saturated carbocycles. The molecule has 0 spiro atoms. The monoisotopic (exact) mass is 286 g/mol. The number of amides is 1. The Morgan fingerprint density at radius 1 is 1.32 bits per heavy atom. The Kier molecular flexibility index (Phi) is 5.82. The van der Waals surface area contributed by atoms with Crippen LogP contribution in [-0.2, 0) is 18.3 Å². The SMILES string of the molecule is Cc1nn(C)c(C)c1CCC(=O)N1CCNCC1.Cl. The lowest BCUT2D eigenvalue weighted by molar-refractivity contribution is -0.131. The van der Waals surface area contributed by atoms with Gasteiger partial charge in [-0.05, 0) is 25.8 Å². The van der Waals surface area contributed by atoms with Crippen molar-refractivity contribution in [2.75, 3.05) is 26.2 Å². The predicted molar refractivity (Wildman–Crippen MR) is 77.7 cm³/mol. The van der Waals surface area contributed by atoms with E-state index in [9.17, 15) is 4.79 Å². The van der Waals surface area contributed by atoms with Gasteiger partial charge in [0, 0.05) is 45.3 Å². The van der Waals surface area contributed by atoms with Crippen molar-refractivity contribution in [1.29, 1.82) is 0 Å². The molecule has 1 aliphatic heterocycles. The Balaban J connectivity index is 0.00000180. The number of hydrogen-bond acceptors (Lipinski definition) is 3. The average molecular weight is 287 g/mol. The van der Waals surface area contributed by atoms with Gasteiger partial charge in [-0.2, -0.15) is 5.10 Å². The minimum Gasteiger partial charge on any atom is -0.340 e. The first kappa shape index (κ1) is 16.0. The number of nitrogens with one attached hydrogen (secondary N) is 1. The number of carbonyl (C=O) groups is 1. The lowest BCUT2D eigenvalue weighted by Crippen LogP contribution is -2.46. The van der Waals surface area contributed by atoms with Crippen molar-refractivity contribution in [2.24, 2.45) is 7.05 Å². The summed E-state index contributed by atoms with van der Waals surface area (Å²) in [7, 11) is 1.95. The van der Waals surface area contributed by atoms with E-state index in [1.54, 1.807) is 0 Å². The Bertz CT molecular complexity index is 438. The number of aromatic nitrogens is 2. The van der Waals surface area contributed by atoms with Gasteiger partial charge in [-0.3, -0.25) is 9.48 Å². The summed E-state index contributed by atoms with van der Waals surface area (Å²) < 4.78 is 1.89. The van der Waals surface area contributed by atoms with Gasteiger partial charge in [0.15, 0.2) is 0 Å². The van der Waals surface area contributed by atoms with Gasteiger partial charge in [-0.25, -0.2) is 0 Å². The molecule has 6 heteroatoms. The highest BCUT2D eigenvalue weighted by Gasteiger charge is 2.17. The quantitative estimate of drug-likeness (QED) is 0.895. The number of halogens is 1. The van der Waals surface area contributed by atoms with Gasteiger partial charge >= 0.3 is 0 Å². The maximum atomic E-state index is 12.1. The van der Waals surface area contributed by atoms with Crippen LogP contribution in [0.25, 0.3) is 0 Å². The Hall–Kier alpha value is -1.07. The lowest BCUT2D eigenvalue weighted by Gasteiger charge is -2.27. The molecule has 0 aliphatic carbocycles. The van der Waals surface area contributed by atoms with E-state index in [4.69, 9.17) is 0 Å². The number of carbonyl (C=O) groups excluding carboxylic acids is 1. The van der Waals surface area contributed by atoms with Crippen molar-refractivity contribution in [3.05, 3.63) is 17.0 Å². The Labute approximate surface area is 120 Å². The number of nitrogens with zero attached hydrogens (tertiary/aromatic N) is 3. The van der Waals surface area contributed by atoms with Crippen LogP contribution < -0.4 is 5.32 Å². The van der Waals surface area contributed by atoms with E-state index < -0.39 is 0 Å². The highest BCUT2D eigenvalue weighted by molar-refractivity contribution is 5.85. The summed E-state index contributed by atoms with van der Waals surface area (Å²) in [5, 5.41) is 7.64. The smallest absolute Gasteiger partial charge is 0.222 e. The van der Waals surface area contributed by atoms with Crippen molar-refractivity contribution in [2.45, 2.75) is 26.7 Å². The summed E-state index contributed by atoms with van der Waals surface area (Å²) in [6.45, 7) is 7.57. The van der Waals surface area contributed by atoms with Crippen LogP contribution in [0.5, 0.6) is 0 Å². The molecule has 1 N–H and O–H groups in total. The van der Waals surface area contributed by atoms with Crippen LogP contribution in [-0.4, -0.2) is 46.8 Å². The normalized spacial score (nSPS) is 15.2. The van der Waals surface area contributed by atoms with Gasteiger partial charge in [-0.1, -0.05) is 0 Å². The fraction of sp³-hybridized carbons (Fsp3) is 0.692. The van der Waals surface area contributed by atoms with Crippen molar-refractivity contribution >= 4 is 18.3 Å². The maximum Gasteiger partial charge on any atom is 0.222 e. The molecule has 1 aliphatic rings. The first-order valence-electron chi connectivity index (χ1n) is 6.57. The highest BCUT2D eigenvalue weighted by Crippen LogP contribution is 2.14. The molecule has 1 fully saturated rings. The number of rotatable bonds is 3. The molecule has 0 aromatic carbocycles. The van der Waals surface area contributed by atoms with E-state index >= 15 is 0 Å². The molecule has 2 rings (SSSR count). The standard InChI is InChI=1S/C13H22N4O.ClH/c1-10-12(11(2)16(3)15-10)4-5-13(18)17-8-6-14-7-9-17;/h14H,4-9H2,1-3H3;1H. The second-order valence-electron chi connectivity index (χ2n) is 4.90. The van der Waals surface area contributed by atoms with Crippen molar-refractivity contribution in [1.82, 2.24) is 20.0 Å². The molecule has 2 heterocycles. The largest absolute Gasteiger partial charge is 0.340 e. The number of piperazine rings is 1. The zero-order chi connectivity index (χ0) is 13.1. The summed E-state index contributed by atoms with van der Waals surface area (Å²) in [6.07, 6.45) is 1.39. The van der Waals surface area contributed by atoms with Crippen LogP contribution in [0.4, 0.5) is 0 Å². The predicted octanol–water partition coefficient (Wildman–Crippen LogP) is 0.823. The molecule has 1 aromatic heterocycles. The fourth-order valence-electron chi connectivity index (χ4n) is 2.48. The number of hydrogen-bond donors (Lipinski definition) is 1. The minimum absolute atomic E-state index is 0. The summed E-state index contributed by atoms with van der Waals surface area (Å²) in [6, 6.07) is 0. The van der Waals surface area contributed by atoms with Gasteiger partial charge in [0.2, 0.25) is 5.91 Å². The molecule has 5 nitrogen and oxygen atoms in total. The van der Waals surface area contributed by atoms with E-state index in [1.807, 2.05) is 23.6 Å². The molecular formula is C13H23ClN4O. The van der Waals surface area contributed by atoms with Gasteiger partial charge in [-0.15, -0.1) is 12.4 Å². The third kappa shape index (κ3) is 3.70. The topological polar surface area (TPSA) is 50.2 Å². The van der Waals surface area contributed by atoms with Gasteiger partial charge < -0.3 is 10.2 Å². The van der Waals surface area contributed by atoms with Crippen molar-refractivity contribution < 1.29 is 4.79 Å². The second-order valence-corrected chi connectivity index (χ2v) is 4.90. The molecule has 1 amide bonds. The van der Waals surface area contributed by atoms with Crippen LogP contribution in [0.3, 0.4) is 0 Å². The zero-order valence-corrected chi connectivity index (χ0v) is 12.7. The summed E-state index contributed by atoms with van der Waals surface area (Å²) in [4.78, 5) is 14.0. The van der Waals surface area contributed by atoms with E-state index in [0.29, 0.717) is 6.42 Å². The number of aryl methyl sites for hydroxylation is 2. The second kappa shape index (κ2) is 6.91. The molecule has 19 heavy (non-hydrogen) atoms. The first-order valence-corrected chi connectivity index (χ1v) is 6.57. The Morgan fingerprint density at radius 2 is 1.95 bits per heavy atom. The van der Waals surface area contributed by atoms with E-state index in [-0.39, 0.29) is 18.3 Å². The van der Waals surface area contributed by atoms with Gasteiger partial charge in [0.25, 0.3) is 0 Å². The molecular weight excluding hydrogens is 264 g/mol. The van der Waals surface area contributed by atoms with E-state index in [2.05, 4.69) is 17.3 Å². The molecule has 0 bridgehead atoms.